The zero-order valence-electron chi connectivity index (χ0n) is 18.9. The Labute approximate surface area is 207 Å². The predicted octanol–water partition coefficient (Wildman–Crippen LogP) is 3.23. The Morgan fingerprint density at radius 3 is 2.82 bits per heavy atom. The highest BCUT2D eigenvalue weighted by atomic mass is 35.5. The number of morpholine rings is 1. The van der Waals surface area contributed by atoms with E-state index in [0.29, 0.717) is 11.7 Å². The van der Waals surface area contributed by atoms with Crippen molar-refractivity contribution in [2.24, 2.45) is 0 Å². The van der Waals surface area contributed by atoms with E-state index in [1.165, 1.54) is 11.3 Å². The average Bonchev–Trinajstić information content (AvgIpc) is 3.46. The summed E-state index contributed by atoms with van der Waals surface area (Å²) in [4.78, 5) is 22.4. The number of halogens is 1. The number of para-hydroxylation sites is 1. The number of methoxy groups -OCH3 is 1. The average molecular weight is 503 g/mol. The predicted molar refractivity (Wildman–Crippen MR) is 135 cm³/mol. The van der Waals surface area contributed by atoms with Crippen LogP contribution in [-0.2, 0) is 16.1 Å². The molecule has 4 aromatic rings. The van der Waals surface area contributed by atoms with Gasteiger partial charge in [0.1, 0.15) is 17.8 Å². The zero-order chi connectivity index (χ0) is 22.6. The molecule has 34 heavy (non-hydrogen) atoms. The van der Waals surface area contributed by atoms with Gasteiger partial charge in [-0.05, 0) is 30.7 Å². The normalized spacial score (nSPS) is 14.3. The maximum atomic E-state index is 13.5. The van der Waals surface area contributed by atoms with Gasteiger partial charge < -0.3 is 9.47 Å². The molecule has 2 aromatic carbocycles. The highest BCUT2D eigenvalue weighted by molar-refractivity contribution is 7.22. The van der Waals surface area contributed by atoms with Crippen LogP contribution in [0.15, 0.2) is 42.5 Å². The number of carbonyl (C=O) groups is 1. The van der Waals surface area contributed by atoms with Crippen LogP contribution in [0.3, 0.4) is 0 Å². The molecule has 1 amide bonds. The Balaban J connectivity index is 0.00000274. The van der Waals surface area contributed by atoms with Crippen molar-refractivity contribution in [1.29, 1.82) is 0 Å². The number of aromatic nitrogens is 4. The quantitative estimate of drug-likeness (QED) is 0.365. The van der Waals surface area contributed by atoms with E-state index in [9.17, 15) is 4.79 Å². The lowest BCUT2D eigenvalue weighted by molar-refractivity contribution is -0.119. The first-order valence-electron chi connectivity index (χ1n) is 11.0. The lowest BCUT2D eigenvalue weighted by Gasteiger charge is -2.27. The molecule has 1 fully saturated rings. The maximum Gasteiger partial charge on any atom is 0.250 e. The van der Waals surface area contributed by atoms with Crippen molar-refractivity contribution in [1.82, 2.24) is 24.9 Å². The van der Waals surface area contributed by atoms with Crippen molar-refractivity contribution >= 4 is 56.0 Å². The van der Waals surface area contributed by atoms with Crippen LogP contribution >= 0.6 is 23.7 Å². The van der Waals surface area contributed by atoms with Crippen molar-refractivity contribution in [2.75, 3.05) is 51.4 Å². The van der Waals surface area contributed by atoms with Crippen molar-refractivity contribution in [3.05, 3.63) is 42.5 Å². The standard InChI is InChI=1S/C23H26N6O3S.ClH/c1-31-17-7-8-21-19(15-17)24-23(33-21)28(10-4-9-27-11-13-32-14-12-27)22(30)16-29-20-6-3-2-5-18(20)25-26-29;/h2-3,5-8,15H,4,9-14,16H2,1H3;1H. The van der Waals surface area contributed by atoms with Crippen LogP contribution in [0.2, 0.25) is 0 Å². The lowest BCUT2D eigenvalue weighted by atomic mass is 10.3. The molecule has 3 heterocycles. The molecule has 9 nitrogen and oxygen atoms in total. The third-order valence-electron chi connectivity index (χ3n) is 5.78. The van der Waals surface area contributed by atoms with Crippen molar-refractivity contribution in [2.45, 2.75) is 13.0 Å². The summed E-state index contributed by atoms with van der Waals surface area (Å²) in [5.41, 5.74) is 2.44. The molecule has 0 N–H and O–H groups in total. The molecule has 0 unspecified atom stereocenters. The number of fused-ring (bicyclic) bond motifs is 2. The van der Waals surface area contributed by atoms with Gasteiger partial charge in [-0.3, -0.25) is 14.6 Å². The van der Waals surface area contributed by atoms with E-state index in [4.69, 9.17) is 14.5 Å². The number of ether oxygens (including phenoxy) is 2. The highest BCUT2D eigenvalue weighted by Gasteiger charge is 2.22. The molecule has 1 aliphatic rings. The molecule has 180 valence electrons. The first-order chi connectivity index (χ1) is 16.2. The molecule has 2 aromatic heterocycles. The fraction of sp³-hybridized carbons (Fsp3) is 0.391. The second-order valence-electron chi connectivity index (χ2n) is 7.92. The number of rotatable bonds is 8. The van der Waals surface area contributed by atoms with Crippen molar-refractivity contribution in [3.8, 4) is 5.75 Å². The zero-order valence-corrected chi connectivity index (χ0v) is 20.6. The van der Waals surface area contributed by atoms with E-state index in [1.807, 2.05) is 42.5 Å². The number of hydrogen-bond acceptors (Lipinski definition) is 8. The molecule has 0 bridgehead atoms. The smallest absolute Gasteiger partial charge is 0.250 e. The van der Waals surface area contributed by atoms with Gasteiger partial charge in [0.2, 0.25) is 0 Å². The van der Waals surface area contributed by atoms with Crippen LogP contribution in [0.1, 0.15) is 6.42 Å². The number of carbonyl (C=O) groups excluding carboxylic acids is 1. The minimum atomic E-state index is -0.0568. The fourth-order valence-electron chi connectivity index (χ4n) is 3.99. The summed E-state index contributed by atoms with van der Waals surface area (Å²) < 4.78 is 13.4. The number of benzene rings is 2. The number of nitrogens with zero attached hydrogens (tertiary/aromatic N) is 6. The largest absolute Gasteiger partial charge is 0.497 e. The number of anilines is 1. The molecule has 1 saturated heterocycles. The van der Waals surface area contributed by atoms with E-state index in [2.05, 4.69) is 15.2 Å². The summed E-state index contributed by atoms with van der Waals surface area (Å²) in [5.74, 6) is 0.692. The summed E-state index contributed by atoms with van der Waals surface area (Å²) >= 11 is 1.51. The van der Waals surface area contributed by atoms with Crippen LogP contribution < -0.4 is 9.64 Å². The minimum Gasteiger partial charge on any atom is -0.497 e. The van der Waals surface area contributed by atoms with Gasteiger partial charge in [0.25, 0.3) is 5.91 Å². The SMILES string of the molecule is COc1ccc2sc(N(CCCN3CCOCC3)C(=O)Cn3nnc4ccccc43)nc2c1.Cl. The van der Waals surface area contributed by atoms with Crippen molar-refractivity contribution < 1.29 is 14.3 Å². The van der Waals surface area contributed by atoms with E-state index >= 15 is 0 Å². The van der Waals surface area contributed by atoms with Gasteiger partial charge in [0.05, 0.1) is 36.1 Å². The first-order valence-corrected chi connectivity index (χ1v) is 11.9. The fourth-order valence-corrected chi connectivity index (χ4v) is 4.98. The molecule has 11 heteroatoms. The monoisotopic (exact) mass is 502 g/mol. The molecule has 0 radical (unpaired) electrons. The van der Waals surface area contributed by atoms with Gasteiger partial charge in [0.15, 0.2) is 5.13 Å². The lowest BCUT2D eigenvalue weighted by Crippen LogP contribution is -2.40. The van der Waals surface area contributed by atoms with E-state index in [1.54, 1.807) is 16.7 Å². The van der Waals surface area contributed by atoms with E-state index in [0.717, 1.165) is 66.3 Å². The second-order valence-corrected chi connectivity index (χ2v) is 8.93. The van der Waals surface area contributed by atoms with E-state index < -0.39 is 0 Å². The Morgan fingerprint density at radius 1 is 1.18 bits per heavy atom. The number of amides is 1. The first kappa shape index (κ1) is 24.3. The third kappa shape index (κ3) is 5.30. The van der Waals surface area contributed by atoms with Gasteiger partial charge in [-0.2, -0.15) is 0 Å². The van der Waals surface area contributed by atoms with Crippen LogP contribution in [0, 0.1) is 0 Å². The molecule has 5 rings (SSSR count). The molecule has 0 saturated carbocycles. The summed E-state index contributed by atoms with van der Waals surface area (Å²) in [5, 5.41) is 9.06. The maximum absolute atomic E-state index is 13.5. The van der Waals surface area contributed by atoms with Crippen LogP contribution in [0.25, 0.3) is 21.3 Å². The molecule has 0 atom stereocenters. The Hall–Kier alpha value is -2.79. The summed E-state index contributed by atoms with van der Waals surface area (Å²) in [7, 11) is 1.64. The Bertz CT molecular complexity index is 1260. The van der Waals surface area contributed by atoms with Crippen LogP contribution in [-0.4, -0.2) is 77.3 Å². The second kappa shape index (κ2) is 11.1. The molecule has 0 aliphatic carbocycles. The number of hydrogen-bond donors (Lipinski definition) is 0. The molecule has 0 spiro atoms. The topological polar surface area (TPSA) is 85.6 Å². The van der Waals surface area contributed by atoms with E-state index in [-0.39, 0.29) is 24.9 Å². The summed E-state index contributed by atoms with van der Waals surface area (Å²) in [6.07, 6.45) is 0.850. The van der Waals surface area contributed by atoms with Crippen molar-refractivity contribution in [3.63, 3.8) is 0 Å². The Kier molecular flexibility index (Phi) is 7.94. The third-order valence-corrected chi connectivity index (χ3v) is 6.84. The van der Waals surface area contributed by atoms with Gasteiger partial charge in [-0.15, -0.1) is 17.5 Å². The van der Waals surface area contributed by atoms with Gasteiger partial charge >= 0.3 is 0 Å². The number of thiazole rings is 1. The Morgan fingerprint density at radius 2 is 2.00 bits per heavy atom. The minimum absolute atomic E-state index is 0. The molecular formula is C23H27ClN6O3S. The van der Waals surface area contributed by atoms with Crippen LogP contribution in [0.4, 0.5) is 5.13 Å². The van der Waals surface area contributed by atoms with Gasteiger partial charge in [-0.1, -0.05) is 28.7 Å². The highest BCUT2D eigenvalue weighted by Crippen LogP contribution is 2.31. The molecular weight excluding hydrogens is 476 g/mol. The van der Waals surface area contributed by atoms with Gasteiger partial charge in [-0.25, -0.2) is 9.67 Å². The van der Waals surface area contributed by atoms with Gasteiger partial charge in [0, 0.05) is 32.2 Å². The molecule has 1 aliphatic heterocycles. The summed E-state index contributed by atoms with van der Waals surface area (Å²) in [6.45, 7) is 5.00. The summed E-state index contributed by atoms with van der Waals surface area (Å²) in [6, 6.07) is 13.5. The van der Waals surface area contributed by atoms with Crippen LogP contribution in [0.5, 0.6) is 5.75 Å².